The number of esters is 1. The van der Waals surface area contributed by atoms with Crippen LogP contribution in [0.1, 0.15) is 46.1 Å². The fraction of sp³-hybridized carbons (Fsp3) is 0.556. The molecule has 2 aromatic carbocycles. The van der Waals surface area contributed by atoms with E-state index in [0.29, 0.717) is 71.5 Å². The smallest absolute Gasteiger partial charge is 0.320 e. The number of aromatic nitrogens is 2. The standard InChI is InChI=1S/C36H47FN6O4/c1-6-47-33(44)21-41-13-15-42(16-14-41)35(40-31-18-25-17-29(23(31)2)36(25,3)4)39-26-8-10-28-32(19-26)38-22-43(34(28)45)12-11-24-7-9-27(46-5)20-30(24)37/h7-10,19-20,22-23,25,29,31H,6,11-18,21H2,1-5H3,(H,39,40)/t23-,25-,29+,31?/m0/s1. The molecule has 1 N–H and O–H groups in total. The summed E-state index contributed by atoms with van der Waals surface area (Å²) in [5.74, 6) is 2.58. The number of benzene rings is 2. The van der Waals surface area contributed by atoms with E-state index in [9.17, 15) is 14.0 Å². The Bertz CT molecular complexity index is 1700. The number of guanidine groups is 1. The van der Waals surface area contributed by atoms with E-state index < -0.39 is 0 Å². The molecule has 4 fully saturated rings. The minimum absolute atomic E-state index is 0.167. The van der Waals surface area contributed by atoms with Crippen molar-refractivity contribution in [3.8, 4) is 5.75 Å². The van der Waals surface area contributed by atoms with Gasteiger partial charge in [-0.3, -0.25) is 19.1 Å². The average molecular weight is 647 g/mol. The van der Waals surface area contributed by atoms with Crippen molar-refractivity contribution in [2.75, 3.05) is 51.8 Å². The second kappa shape index (κ2) is 13.6. The molecule has 252 valence electrons. The van der Waals surface area contributed by atoms with Crippen LogP contribution in [0.2, 0.25) is 0 Å². The zero-order valence-electron chi connectivity index (χ0n) is 28.2. The van der Waals surface area contributed by atoms with Crippen LogP contribution in [0, 0.1) is 29.0 Å². The molecule has 10 nitrogen and oxygen atoms in total. The molecule has 1 aromatic heterocycles. The number of hydrogen-bond donors (Lipinski definition) is 1. The highest BCUT2D eigenvalue weighted by Crippen LogP contribution is 2.61. The second-order valence-electron chi connectivity index (χ2n) is 13.9. The normalized spacial score (nSPS) is 24.1. The van der Waals surface area contributed by atoms with Gasteiger partial charge in [-0.05, 0) is 79.2 Å². The van der Waals surface area contributed by atoms with Gasteiger partial charge in [0, 0.05) is 44.5 Å². The van der Waals surface area contributed by atoms with Crippen molar-refractivity contribution in [1.29, 1.82) is 0 Å². The van der Waals surface area contributed by atoms with E-state index >= 15 is 0 Å². The Kier molecular flexibility index (Phi) is 9.55. The van der Waals surface area contributed by atoms with Gasteiger partial charge in [-0.25, -0.2) is 14.4 Å². The first-order valence-corrected chi connectivity index (χ1v) is 16.9. The van der Waals surface area contributed by atoms with Crippen molar-refractivity contribution in [3.63, 3.8) is 0 Å². The van der Waals surface area contributed by atoms with E-state index in [1.165, 1.54) is 30.5 Å². The van der Waals surface area contributed by atoms with Crippen molar-refractivity contribution in [1.82, 2.24) is 19.4 Å². The first kappa shape index (κ1) is 32.9. The fourth-order valence-electron chi connectivity index (χ4n) is 7.77. The van der Waals surface area contributed by atoms with E-state index in [-0.39, 0.29) is 23.4 Å². The maximum Gasteiger partial charge on any atom is 0.320 e. The number of hydrogen-bond acceptors (Lipinski definition) is 7. The summed E-state index contributed by atoms with van der Waals surface area (Å²) in [5, 5.41) is 4.10. The molecule has 7 rings (SSSR count). The van der Waals surface area contributed by atoms with Crippen LogP contribution < -0.4 is 15.6 Å². The number of fused-ring (bicyclic) bond motifs is 3. The summed E-state index contributed by atoms with van der Waals surface area (Å²) in [4.78, 5) is 39.8. The number of halogens is 1. The van der Waals surface area contributed by atoms with Crippen LogP contribution in [0.4, 0.5) is 10.1 Å². The topological polar surface area (TPSA) is 101 Å². The molecular weight excluding hydrogens is 599 g/mol. The summed E-state index contributed by atoms with van der Waals surface area (Å²) in [6, 6.07) is 10.6. The molecule has 4 atom stereocenters. The van der Waals surface area contributed by atoms with Crippen LogP contribution in [0.25, 0.3) is 10.9 Å². The Morgan fingerprint density at radius 2 is 1.91 bits per heavy atom. The number of ether oxygens (including phenoxy) is 2. The van der Waals surface area contributed by atoms with Gasteiger partial charge in [-0.2, -0.15) is 0 Å². The van der Waals surface area contributed by atoms with Gasteiger partial charge in [0.1, 0.15) is 11.6 Å². The van der Waals surface area contributed by atoms with Crippen LogP contribution >= 0.6 is 0 Å². The minimum atomic E-state index is -0.358. The molecule has 11 heteroatoms. The molecule has 3 saturated carbocycles. The Morgan fingerprint density at radius 3 is 2.60 bits per heavy atom. The molecule has 1 aliphatic heterocycles. The van der Waals surface area contributed by atoms with Crippen LogP contribution in [0.3, 0.4) is 0 Å². The van der Waals surface area contributed by atoms with Crippen LogP contribution in [0.5, 0.6) is 5.75 Å². The summed E-state index contributed by atoms with van der Waals surface area (Å²) in [5.41, 5.74) is 2.11. The van der Waals surface area contributed by atoms with Crippen molar-refractivity contribution >= 4 is 28.5 Å². The van der Waals surface area contributed by atoms with Gasteiger partial charge >= 0.3 is 5.97 Å². The fourth-order valence-corrected chi connectivity index (χ4v) is 7.77. The van der Waals surface area contributed by atoms with E-state index in [1.54, 1.807) is 18.2 Å². The molecule has 0 spiro atoms. The Labute approximate surface area is 276 Å². The lowest BCUT2D eigenvalue weighted by atomic mass is 9.45. The van der Waals surface area contributed by atoms with Gasteiger partial charge in [-0.1, -0.05) is 26.8 Å². The van der Waals surface area contributed by atoms with Gasteiger partial charge in [-0.15, -0.1) is 0 Å². The number of methoxy groups -OCH3 is 1. The summed E-state index contributed by atoms with van der Waals surface area (Å²) in [6.45, 7) is 12.9. The van der Waals surface area contributed by atoms with Crippen LogP contribution in [0.15, 0.2) is 52.5 Å². The highest BCUT2D eigenvalue weighted by molar-refractivity contribution is 5.96. The molecule has 0 radical (unpaired) electrons. The third-order valence-corrected chi connectivity index (χ3v) is 10.9. The molecule has 2 bridgehead atoms. The van der Waals surface area contributed by atoms with Crippen molar-refractivity contribution in [3.05, 3.63) is 64.5 Å². The average Bonchev–Trinajstić information content (AvgIpc) is 3.05. The summed E-state index contributed by atoms with van der Waals surface area (Å²) in [7, 11) is 1.50. The largest absolute Gasteiger partial charge is 0.497 e. The zero-order chi connectivity index (χ0) is 33.3. The quantitative estimate of drug-likeness (QED) is 0.201. The highest BCUT2D eigenvalue weighted by Gasteiger charge is 2.56. The number of aliphatic imine (C=N–C) groups is 1. The molecule has 47 heavy (non-hydrogen) atoms. The lowest BCUT2D eigenvalue weighted by molar-refractivity contribution is -0.144. The number of carbonyl (C=O) groups excluding carboxylic acids is 1. The summed E-state index contributed by atoms with van der Waals surface area (Å²) in [6.07, 6.45) is 4.26. The van der Waals surface area contributed by atoms with E-state index in [4.69, 9.17) is 14.5 Å². The zero-order valence-corrected chi connectivity index (χ0v) is 28.2. The number of carbonyl (C=O) groups is 1. The summed E-state index contributed by atoms with van der Waals surface area (Å²) >= 11 is 0. The first-order valence-electron chi connectivity index (χ1n) is 16.9. The third kappa shape index (κ3) is 6.86. The number of nitrogens with zero attached hydrogens (tertiary/aromatic N) is 5. The molecule has 4 aliphatic rings. The van der Waals surface area contributed by atoms with Gasteiger partial charge in [0.05, 0.1) is 43.5 Å². The number of piperazine rings is 1. The Balaban J connectivity index is 1.20. The number of rotatable bonds is 9. The van der Waals surface area contributed by atoms with Crippen molar-refractivity contribution in [2.24, 2.45) is 28.2 Å². The van der Waals surface area contributed by atoms with E-state index in [0.717, 1.165) is 44.2 Å². The monoisotopic (exact) mass is 646 g/mol. The van der Waals surface area contributed by atoms with Gasteiger partial charge in [0.15, 0.2) is 5.96 Å². The predicted molar refractivity (Wildman–Crippen MR) is 181 cm³/mol. The Hall–Kier alpha value is -3.99. The van der Waals surface area contributed by atoms with Gasteiger partial charge in [0.2, 0.25) is 0 Å². The Morgan fingerprint density at radius 1 is 1.13 bits per heavy atom. The predicted octanol–water partition coefficient (Wildman–Crippen LogP) is 4.81. The molecule has 0 amide bonds. The molecular formula is C36H47FN6O4. The molecule has 1 saturated heterocycles. The van der Waals surface area contributed by atoms with Crippen LogP contribution in [-0.2, 0) is 22.5 Å². The van der Waals surface area contributed by atoms with Gasteiger partial charge in [0.25, 0.3) is 5.56 Å². The van der Waals surface area contributed by atoms with Gasteiger partial charge < -0.3 is 19.7 Å². The second-order valence-corrected chi connectivity index (χ2v) is 13.9. The molecule has 1 unspecified atom stereocenters. The van der Waals surface area contributed by atoms with E-state index in [2.05, 4.69) is 40.9 Å². The third-order valence-electron chi connectivity index (χ3n) is 10.9. The van der Waals surface area contributed by atoms with Crippen LogP contribution in [-0.4, -0.2) is 83.8 Å². The SMILES string of the molecule is CCOC(=O)CN1CCN(/C(=N\C2C[C@@H]3C[C@H]([C@@H]2C)C3(C)C)Nc2ccc3c(=O)n(CCc4ccc(OC)cc4F)cnc3c2)CC1. The number of anilines is 1. The molecule has 3 aromatic rings. The number of aryl methyl sites for hydroxylation is 2. The summed E-state index contributed by atoms with van der Waals surface area (Å²) < 4.78 is 26.3. The molecule has 3 aliphatic carbocycles. The van der Waals surface area contributed by atoms with Crippen molar-refractivity contribution in [2.45, 2.75) is 59.5 Å². The number of nitrogens with one attached hydrogen (secondary N) is 1. The lowest BCUT2D eigenvalue weighted by Gasteiger charge is -2.61. The highest BCUT2D eigenvalue weighted by atomic mass is 19.1. The maximum absolute atomic E-state index is 14.5. The molecule has 2 heterocycles. The minimum Gasteiger partial charge on any atom is -0.497 e. The van der Waals surface area contributed by atoms with E-state index in [1.807, 2.05) is 19.1 Å². The maximum atomic E-state index is 14.5. The lowest BCUT2D eigenvalue weighted by Crippen LogP contribution is -2.57. The first-order chi connectivity index (χ1) is 22.6. The van der Waals surface area contributed by atoms with Crippen molar-refractivity contribution < 1.29 is 18.7 Å².